The molecule has 6 heteroatoms. The summed E-state index contributed by atoms with van der Waals surface area (Å²) in [5.74, 6) is 0.491. The zero-order valence-corrected chi connectivity index (χ0v) is 10.7. The number of amides is 1. The lowest BCUT2D eigenvalue weighted by Gasteiger charge is -2.26. The molecule has 0 aliphatic carbocycles. The van der Waals surface area contributed by atoms with Crippen LogP contribution in [0.2, 0.25) is 0 Å². The molecule has 1 N–H and O–H groups in total. The van der Waals surface area contributed by atoms with Crippen molar-refractivity contribution in [3.63, 3.8) is 0 Å². The van der Waals surface area contributed by atoms with Gasteiger partial charge in [-0.1, -0.05) is 12.8 Å². The lowest BCUT2D eigenvalue weighted by Crippen LogP contribution is -2.54. The number of terminal acetylenes is 1. The second-order valence-corrected chi connectivity index (χ2v) is 3.52. The Labute approximate surface area is 106 Å². The number of esters is 2. The molecule has 0 bridgehead atoms. The number of methoxy groups -OCH3 is 2. The van der Waals surface area contributed by atoms with Gasteiger partial charge in [-0.05, 0) is 0 Å². The van der Waals surface area contributed by atoms with Crippen LogP contribution in [-0.2, 0) is 23.9 Å². The largest absolute Gasteiger partial charge is 0.469 e. The Hall–Kier alpha value is -2.03. The van der Waals surface area contributed by atoms with Crippen LogP contribution in [0.1, 0.15) is 26.2 Å². The van der Waals surface area contributed by atoms with E-state index in [9.17, 15) is 14.4 Å². The highest BCUT2D eigenvalue weighted by atomic mass is 16.5. The van der Waals surface area contributed by atoms with E-state index in [1.165, 1.54) is 7.11 Å². The molecular formula is C12H17NO5. The van der Waals surface area contributed by atoms with E-state index in [0.29, 0.717) is 0 Å². The summed E-state index contributed by atoms with van der Waals surface area (Å²) >= 11 is 0. The van der Waals surface area contributed by atoms with Crippen LogP contribution in [0, 0.1) is 12.3 Å². The smallest absolute Gasteiger partial charge is 0.344 e. The molecule has 0 aliphatic heterocycles. The number of rotatable bonds is 6. The molecule has 0 rings (SSSR count). The molecular weight excluding hydrogens is 238 g/mol. The molecule has 0 fully saturated rings. The van der Waals surface area contributed by atoms with Gasteiger partial charge in [0, 0.05) is 19.3 Å². The topological polar surface area (TPSA) is 81.7 Å². The minimum Gasteiger partial charge on any atom is -0.469 e. The molecule has 0 aliphatic rings. The molecule has 100 valence electrons. The van der Waals surface area contributed by atoms with Crippen LogP contribution in [0.4, 0.5) is 0 Å². The van der Waals surface area contributed by atoms with Crippen LogP contribution in [0.3, 0.4) is 0 Å². The standard InChI is InChI=1S/C12H17NO5/c1-5-9(14)13-12(6-2,11(16)18-4)8-7-10(15)17-3/h2H,5,7-8H2,1,3-4H3,(H,13,14). The molecule has 6 nitrogen and oxygen atoms in total. The maximum atomic E-state index is 11.7. The van der Waals surface area contributed by atoms with Crippen molar-refractivity contribution in [1.29, 1.82) is 0 Å². The van der Waals surface area contributed by atoms with Crippen molar-refractivity contribution in [3.05, 3.63) is 0 Å². The molecule has 0 saturated heterocycles. The van der Waals surface area contributed by atoms with Gasteiger partial charge in [0.05, 0.1) is 14.2 Å². The predicted octanol–water partition coefficient (Wildman–Crippen LogP) is 0.0108. The Kier molecular flexibility index (Phi) is 6.50. The maximum Gasteiger partial charge on any atom is 0.344 e. The fraction of sp³-hybridized carbons (Fsp3) is 0.583. The highest BCUT2D eigenvalue weighted by Crippen LogP contribution is 2.15. The first-order chi connectivity index (χ1) is 8.45. The normalized spacial score (nSPS) is 12.8. The van der Waals surface area contributed by atoms with Gasteiger partial charge in [0.15, 0.2) is 5.54 Å². The van der Waals surface area contributed by atoms with Gasteiger partial charge in [-0.3, -0.25) is 9.59 Å². The lowest BCUT2D eigenvalue weighted by atomic mass is 9.94. The molecule has 1 atom stereocenters. The van der Waals surface area contributed by atoms with Crippen LogP contribution in [0.25, 0.3) is 0 Å². The van der Waals surface area contributed by atoms with Crippen LogP contribution in [0.15, 0.2) is 0 Å². The molecule has 0 radical (unpaired) electrons. The number of ether oxygens (including phenoxy) is 2. The summed E-state index contributed by atoms with van der Waals surface area (Å²) < 4.78 is 9.03. The van der Waals surface area contributed by atoms with Crippen molar-refractivity contribution in [3.8, 4) is 12.3 Å². The fourth-order valence-electron chi connectivity index (χ4n) is 1.28. The predicted molar refractivity (Wildman–Crippen MR) is 63.3 cm³/mol. The summed E-state index contributed by atoms with van der Waals surface area (Å²) in [4.78, 5) is 34.2. The first kappa shape index (κ1) is 16.0. The minimum atomic E-state index is -1.63. The van der Waals surface area contributed by atoms with Crippen LogP contribution >= 0.6 is 0 Å². The zero-order chi connectivity index (χ0) is 14.2. The molecule has 1 unspecified atom stereocenters. The number of nitrogens with one attached hydrogen (secondary N) is 1. The Bertz CT molecular complexity index is 371. The van der Waals surface area contributed by atoms with Crippen molar-refractivity contribution in [2.24, 2.45) is 0 Å². The number of hydrogen-bond acceptors (Lipinski definition) is 5. The monoisotopic (exact) mass is 255 g/mol. The van der Waals surface area contributed by atoms with E-state index in [2.05, 4.69) is 20.7 Å². The van der Waals surface area contributed by atoms with Gasteiger partial charge in [0.1, 0.15) is 0 Å². The molecule has 0 spiro atoms. The highest BCUT2D eigenvalue weighted by molar-refractivity contribution is 5.91. The van der Waals surface area contributed by atoms with E-state index in [-0.39, 0.29) is 19.3 Å². The second-order valence-electron chi connectivity index (χ2n) is 3.52. The Morgan fingerprint density at radius 3 is 2.28 bits per heavy atom. The third-order valence-corrected chi connectivity index (χ3v) is 2.39. The molecule has 1 amide bonds. The van der Waals surface area contributed by atoms with Gasteiger partial charge < -0.3 is 14.8 Å². The molecule has 0 saturated carbocycles. The Morgan fingerprint density at radius 2 is 1.89 bits per heavy atom. The summed E-state index contributed by atoms with van der Waals surface area (Å²) in [6.07, 6.45) is 5.29. The molecule has 18 heavy (non-hydrogen) atoms. The van der Waals surface area contributed by atoms with Crippen molar-refractivity contribution in [2.45, 2.75) is 31.7 Å². The second kappa shape index (κ2) is 7.33. The van der Waals surface area contributed by atoms with Crippen molar-refractivity contribution in [2.75, 3.05) is 14.2 Å². The average molecular weight is 255 g/mol. The number of carbonyl (C=O) groups is 3. The third kappa shape index (κ3) is 4.09. The van der Waals surface area contributed by atoms with Crippen LogP contribution in [0.5, 0.6) is 0 Å². The van der Waals surface area contributed by atoms with E-state index in [0.717, 1.165) is 7.11 Å². The first-order valence-corrected chi connectivity index (χ1v) is 5.39. The van der Waals surface area contributed by atoms with Crippen molar-refractivity contribution >= 4 is 17.8 Å². The van der Waals surface area contributed by atoms with Gasteiger partial charge in [-0.25, -0.2) is 4.79 Å². The summed E-state index contributed by atoms with van der Waals surface area (Å²) in [5.41, 5.74) is -1.63. The maximum absolute atomic E-state index is 11.7. The fourth-order valence-corrected chi connectivity index (χ4v) is 1.28. The van der Waals surface area contributed by atoms with Gasteiger partial charge >= 0.3 is 11.9 Å². The van der Waals surface area contributed by atoms with E-state index in [1.54, 1.807) is 6.92 Å². The van der Waals surface area contributed by atoms with Gasteiger partial charge in [-0.15, -0.1) is 6.42 Å². The highest BCUT2D eigenvalue weighted by Gasteiger charge is 2.39. The summed E-state index contributed by atoms with van der Waals surface area (Å²) in [5, 5.41) is 2.40. The Morgan fingerprint density at radius 1 is 1.28 bits per heavy atom. The molecule has 0 aromatic carbocycles. The summed E-state index contributed by atoms with van der Waals surface area (Å²) in [6, 6.07) is 0. The molecule has 0 aromatic heterocycles. The lowest BCUT2D eigenvalue weighted by molar-refractivity contribution is -0.149. The van der Waals surface area contributed by atoms with Crippen molar-refractivity contribution < 1.29 is 23.9 Å². The van der Waals surface area contributed by atoms with Crippen LogP contribution < -0.4 is 5.32 Å². The van der Waals surface area contributed by atoms with E-state index < -0.39 is 23.4 Å². The first-order valence-electron chi connectivity index (χ1n) is 5.39. The van der Waals surface area contributed by atoms with Gasteiger partial charge in [-0.2, -0.15) is 0 Å². The average Bonchev–Trinajstić information content (AvgIpc) is 2.41. The zero-order valence-electron chi connectivity index (χ0n) is 10.7. The molecule has 0 heterocycles. The van der Waals surface area contributed by atoms with E-state index >= 15 is 0 Å². The summed E-state index contributed by atoms with van der Waals surface area (Å²) in [7, 11) is 2.38. The minimum absolute atomic E-state index is 0.0748. The van der Waals surface area contributed by atoms with E-state index in [4.69, 9.17) is 6.42 Å². The SMILES string of the molecule is C#CC(CCC(=O)OC)(NC(=O)CC)C(=O)OC. The van der Waals surface area contributed by atoms with Crippen LogP contribution in [-0.4, -0.2) is 37.6 Å². The Balaban J connectivity index is 5.00. The quantitative estimate of drug-likeness (QED) is 0.534. The molecule has 0 aromatic rings. The van der Waals surface area contributed by atoms with Crippen molar-refractivity contribution in [1.82, 2.24) is 5.32 Å². The van der Waals surface area contributed by atoms with Gasteiger partial charge in [0.2, 0.25) is 5.91 Å². The third-order valence-electron chi connectivity index (χ3n) is 2.39. The van der Waals surface area contributed by atoms with Gasteiger partial charge in [0.25, 0.3) is 0 Å². The van der Waals surface area contributed by atoms with E-state index in [1.807, 2.05) is 0 Å². The number of carbonyl (C=O) groups excluding carboxylic acids is 3. The summed E-state index contributed by atoms with van der Waals surface area (Å²) in [6.45, 7) is 1.62. The number of hydrogen-bond donors (Lipinski definition) is 1.